The first-order chi connectivity index (χ1) is 12.8. The van der Waals surface area contributed by atoms with Crippen molar-refractivity contribution in [3.05, 3.63) is 59.3 Å². The van der Waals surface area contributed by atoms with E-state index in [0.29, 0.717) is 13.1 Å². The van der Waals surface area contributed by atoms with Gasteiger partial charge in [-0.1, -0.05) is 35.9 Å². The Balaban J connectivity index is 1.67. The summed E-state index contributed by atoms with van der Waals surface area (Å²) >= 11 is 0. The molecule has 1 aliphatic heterocycles. The van der Waals surface area contributed by atoms with E-state index in [0.717, 1.165) is 11.9 Å². The summed E-state index contributed by atoms with van der Waals surface area (Å²) in [5.74, 6) is 0. The number of benzene rings is 2. The maximum absolute atomic E-state index is 12.5. The van der Waals surface area contributed by atoms with Crippen molar-refractivity contribution in [1.29, 1.82) is 0 Å². The van der Waals surface area contributed by atoms with Gasteiger partial charge < -0.3 is 14.6 Å². The Morgan fingerprint density at radius 1 is 1.07 bits per heavy atom. The highest BCUT2D eigenvalue weighted by molar-refractivity contribution is 5.89. The lowest BCUT2D eigenvalue weighted by atomic mass is 9.99. The van der Waals surface area contributed by atoms with Gasteiger partial charge in [-0.25, -0.2) is 4.79 Å². The molecule has 1 amide bonds. The highest BCUT2D eigenvalue weighted by Crippen LogP contribution is 2.32. The van der Waals surface area contributed by atoms with Gasteiger partial charge >= 0.3 is 6.09 Å². The third kappa shape index (κ3) is 3.57. The van der Waals surface area contributed by atoms with Crippen LogP contribution in [0.4, 0.5) is 4.79 Å². The second kappa shape index (κ2) is 6.45. The minimum absolute atomic E-state index is 0.239. The second-order valence-electron chi connectivity index (χ2n) is 8.36. The van der Waals surface area contributed by atoms with Gasteiger partial charge in [-0.05, 0) is 51.0 Å². The van der Waals surface area contributed by atoms with Gasteiger partial charge in [0, 0.05) is 35.1 Å². The summed E-state index contributed by atoms with van der Waals surface area (Å²) < 4.78 is 5.56. The highest BCUT2D eigenvalue weighted by atomic mass is 16.6. The van der Waals surface area contributed by atoms with Crippen LogP contribution in [0.25, 0.3) is 22.0 Å². The van der Waals surface area contributed by atoms with Gasteiger partial charge in [0.1, 0.15) is 5.60 Å². The third-order valence-electron chi connectivity index (χ3n) is 5.01. The molecule has 4 nitrogen and oxygen atoms in total. The quantitative estimate of drug-likeness (QED) is 0.627. The predicted molar refractivity (Wildman–Crippen MR) is 109 cm³/mol. The molecule has 0 unspecified atom stereocenters. The van der Waals surface area contributed by atoms with Crippen LogP contribution in [0, 0.1) is 6.92 Å². The number of aromatic nitrogens is 1. The number of nitrogens with zero attached hydrogens (tertiary/aromatic N) is 1. The number of amides is 1. The summed E-state index contributed by atoms with van der Waals surface area (Å²) in [6.45, 7) is 9.07. The molecule has 140 valence electrons. The van der Waals surface area contributed by atoms with Crippen LogP contribution in [-0.2, 0) is 17.7 Å². The van der Waals surface area contributed by atoms with E-state index in [4.69, 9.17) is 4.74 Å². The second-order valence-corrected chi connectivity index (χ2v) is 8.36. The van der Waals surface area contributed by atoms with Gasteiger partial charge in [0.15, 0.2) is 0 Å². The summed E-state index contributed by atoms with van der Waals surface area (Å²) in [5, 5.41) is 1.19. The number of nitrogens with one attached hydrogen (secondary N) is 1. The number of aromatic amines is 1. The zero-order valence-corrected chi connectivity index (χ0v) is 16.4. The summed E-state index contributed by atoms with van der Waals surface area (Å²) in [5.41, 5.74) is 6.74. The summed E-state index contributed by atoms with van der Waals surface area (Å²) in [6, 6.07) is 15.1. The van der Waals surface area contributed by atoms with E-state index >= 15 is 0 Å². The molecule has 0 radical (unpaired) electrons. The van der Waals surface area contributed by atoms with Gasteiger partial charge in [0.05, 0.1) is 6.54 Å². The van der Waals surface area contributed by atoms with Crippen molar-refractivity contribution in [3.63, 3.8) is 0 Å². The van der Waals surface area contributed by atoms with Crippen molar-refractivity contribution in [3.8, 4) is 11.1 Å². The molecule has 1 N–H and O–H groups in total. The molecular formula is C23H26N2O2. The first-order valence-corrected chi connectivity index (χ1v) is 9.48. The minimum atomic E-state index is -0.476. The first-order valence-electron chi connectivity index (χ1n) is 9.48. The van der Waals surface area contributed by atoms with Gasteiger partial charge in [0.2, 0.25) is 0 Å². The number of rotatable bonds is 1. The Bertz CT molecular complexity index is 994. The van der Waals surface area contributed by atoms with Crippen molar-refractivity contribution < 1.29 is 9.53 Å². The van der Waals surface area contributed by atoms with Crippen LogP contribution in [0.2, 0.25) is 0 Å². The largest absolute Gasteiger partial charge is 0.444 e. The molecule has 4 rings (SSSR count). The topological polar surface area (TPSA) is 45.3 Å². The zero-order chi connectivity index (χ0) is 19.2. The molecule has 2 aromatic carbocycles. The molecule has 0 saturated heterocycles. The maximum atomic E-state index is 12.5. The molecule has 0 spiro atoms. The van der Waals surface area contributed by atoms with Gasteiger partial charge in [-0.15, -0.1) is 0 Å². The van der Waals surface area contributed by atoms with Gasteiger partial charge in [-0.3, -0.25) is 0 Å². The number of ether oxygens (including phenoxy) is 1. The van der Waals surface area contributed by atoms with Crippen LogP contribution in [-0.4, -0.2) is 28.1 Å². The van der Waals surface area contributed by atoms with E-state index in [-0.39, 0.29) is 6.09 Å². The summed E-state index contributed by atoms with van der Waals surface area (Å²) in [7, 11) is 0. The summed E-state index contributed by atoms with van der Waals surface area (Å²) in [6.07, 6.45) is 0.584. The number of hydrogen-bond acceptors (Lipinski definition) is 2. The molecule has 3 aromatic rings. The fraction of sp³-hybridized carbons (Fsp3) is 0.348. The Morgan fingerprint density at radius 2 is 1.78 bits per heavy atom. The normalized spacial score (nSPS) is 14.3. The van der Waals surface area contributed by atoms with Crippen LogP contribution in [0.1, 0.15) is 37.6 Å². The van der Waals surface area contributed by atoms with Crippen LogP contribution in [0.3, 0.4) is 0 Å². The molecule has 0 saturated carbocycles. The van der Waals surface area contributed by atoms with E-state index in [1.165, 1.54) is 33.3 Å². The van der Waals surface area contributed by atoms with Gasteiger partial charge in [0.25, 0.3) is 0 Å². The van der Waals surface area contributed by atoms with Crippen molar-refractivity contribution in [2.75, 3.05) is 6.54 Å². The Kier molecular flexibility index (Phi) is 4.22. The average molecular weight is 362 g/mol. The monoisotopic (exact) mass is 362 g/mol. The lowest BCUT2D eigenvalue weighted by Gasteiger charge is -2.30. The molecular weight excluding hydrogens is 336 g/mol. The number of fused-ring (bicyclic) bond motifs is 3. The smallest absolute Gasteiger partial charge is 0.410 e. The van der Waals surface area contributed by atoms with E-state index in [2.05, 4.69) is 54.4 Å². The lowest BCUT2D eigenvalue weighted by Crippen LogP contribution is -2.39. The van der Waals surface area contributed by atoms with Crippen molar-refractivity contribution in [2.24, 2.45) is 0 Å². The Labute approximate surface area is 160 Å². The van der Waals surface area contributed by atoms with E-state index in [1.54, 1.807) is 4.90 Å². The zero-order valence-electron chi connectivity index (χ0n) is 16.4. The lowest BCUT2D eigenvalue weighted by molar-refractivity contribution is 0.0224. The van der Waals surface area contributed by atoms with Crippen LogP contribution < -0.4 is 0 Å². The molecule has 1 aliphatic rings. The Hall–Kier alpha value is -2.75. The van der Waals surface area contributed by atoms with E-state index in [1.807, 2.05) is 20.8 Å². The average Bonchev–Trinajstić information content (AvgIpc) is 2.98. The van der Waals surface area contributed by atoms with Crippen LogP contribution >= 0.6 is 0 Å². The molecule has 2 heterocycles. The van der Waals surface area contributed by atoms with Gasteiger partial charge in [-0.2, -0.15) is 0 Å². The fourth-order valence-corrected chi connectivity index (χ4v) is 3.62. The molecule has 0 atom stereocenters. The minimum Gasteiger partial charge on any atom is -0.444 e. The molecule has 0 fully saturated rings. The number of carbonyl (C=O) groups excluding carboxylic acids is 1. The molecule has 27 heavy (non-hydrogen) atoms. The molecule has 0 bridgehead atoms. The predicted octanol–water partition coefficient (Wildman–Crippen LogP) is 5.44. The number of carbonyl (C=O) groups is 1. The highest BCUT2D eigenvalue weighted by Gasteiger charge is 2.27. The number of hydrogen-bond donors (Lipinski definition) is 1. The fourth-order valence-electron chi connectivity index (χ4n) is 3.62. The maximum Gasteiger partial charge on any atom is 0.410 e. The summed E-state index contributed by atoms with van der Waals surface area (Å²) in [4.78, 5) is 17.8. The molecule has 4 heteroatoms. The molecule has 0 aliphatic carbocycles. The van der Waals surface area contributed by atoms with Crippen LogP contribution in [0.15, 0.2) is 42.5 Å². The Morgan fingerprint density at radius 3 is 2.48 bits per heavy atom. The van der Waals surface area contributed by atoms with Crippen LogP contribution in [0.5, 0.6) is 0 Å². The first kappa shape index (κ1) is 17.7. The van der Waals surface area contributed by atoms with Crippen molar-refractivity contribution >= 4 is 17.0 Å². The molecule has 1 aromatic heterocycles. The van der Waals surface area contributed by atoms with E-state index in [9.17, 15) is 4.79 Å². The number of aryl methyl sites for hydroxylation is 1. The van der Waals surface area contributed by atoms with Crippen molar-refractivity contribution in [1.82, 2.24) is 9.88 Å². The standard InChI is InChI=1S/C23H26N2O2/c1-15-5-7-16(8-6-15)17-9-10-20-18(13-17)19-14-25(12-11-21(19)24-20)22(26)27-23(2,3)4/h5-10,13,24H,11-12,14H2,1-4H3. The van der Waals surface area contributed by atoms with Crippen molar-refractivity contribution in [2.45, 2.75) is 46.3 Å². The number of H-pyrrole nitrogens is 1. The third-order valence-corrected chi connectivity index (χ3v) is 5.01. The SMILES string of the molecule is Cc1ccc(-c2ccc3[nH]c4c(c3c2)CN(C(=O)OC(C)(C)C)CC4)cc1. The van der Waals surface area contributed by atoms with E-state index < -0.39 is 5.60 Å².